The Morgan fingerprint density at radius 3 is 2.18 bits per heavy atom. The highest BCUT2D eigenvalue weighted by Gasteiger charge is 2.23. The lowest BCUT2D eigenvalue weighted by molar-refractivity contribution is -0.121. The summed E-state index contributed by atoms with van der Waals surface area (Å²) in [6.07, 6.45) is 3.98. The second-order valence-electron chi connectivity index (χ2n) is 3.15. The van der Waals surface area contributed by atoms with E-state index >= 15 is 0 Å². The summed E-state index contributed by atoms with van der Waals surface area (Å²) in [6, 6.07) is 0. The van der Waals surface area contributed by atoms with Crippen LogP contribution in [0.4, 0.5) is 0 Å². The van der Waals surface area contributed by atoms with E-state index in [1.165, 1.54) is 0 Å². The molecule has 0 bridgehead atoms. The smallest absolute Gasteiger partial charge is 0.147 e. The molecule has 2 nitrogen and oxygen atoms in total. The summed E-state index contributed by atoms with van der Waals surface area (Å²) in [4.78, 5) is 10.9. The van der Waals surface area contributed by atoms with Gasteiger partial charge in [-0.1, -0.05) is 0 Å². The van der Waals surface area contributed by atoms with Crippen molar-refractivity contribution in [2.45, 2.75) is 36.5 Å². The van der Waals surface area contributed by atoms with Gasteiger partial charge in [0.1, 0.15) is 27.0 Å². The predicted molar refractivity (Wildman–Crippen MR) is 51.1 cm³/mol. The molecule has 1 rings (SSSR count). The molecule has 0 unspecified atom stereocenters. The highest BCUT2D eigenvalue weighted by Crippen LogP contribution is 2.31. The molecule has 0 spiro atoms. The summed E-state index contributed by atoms with van der Waals surface area (Å²) >= 11 is -0.814. The van der Waals surface area contributed by atoms with E-state index in [1.807, 2.05) is 0 Å². The summed E-state index contributed by atoms with van der Waals surface area (Å²) in [6.45, 7) is 1.66. The van der Waals surface area contributed by atoms with Crippen molar-refractivity contribution in [1.82, 2.24) is 0 Å². The molecule has 0 aromatic heterocycles. The van der Waals surface area contributed by atoms with Gasteiger partial charge in [-0.05, 0) is 32.6 Å². The fraction of sp³-hybridized carbons (Fsp3) is 0.875. The van der Waals surface area contributed by atoms with Crippen LogP contribution < -0.4 is 0 Å². The summed E-state index contributed by atoms with van der Waals surface area (Å²) < 4.78 is 11.0. The van der Waals surface area contributed by atoms with Crippen LogP contribution in [0, 0.1) is 5.92 Å². The van der Waals surface area contributed by atoms with E-state index in [0.29, 0.717) is 9.71 Å². The molecule has 0 heterocycles. The molecule has 64 valence electrons. The van der Waals surface area contributed by atoms with Crippen LogP contribution in [0.2, 0.25) is 0 Å². The summed E-state index contributed by atoms with van der Waals surface area (Å²) in [7, 11) is 0. The number of ketones is 1. The lowest BCUT2D eigenvalue weighted by atomic mass is 9.87. The molecular formula is C8H13IO2. The molecule has 0 saturated heterocycles. The van der Waals surface area contributed by atoms with E-state index in [-0.39, 0.29) is 5.92 Å². The Labute approximate surface area is 77.4 Å². The third-order valence-electron chi connectivity index (χ3n) is 2.36. The molecule has 11 heavy (non-hydrogen) atoms. The molecule has 1 aliphatic carbocycles. The molecule has 1 saturated carbocycles. The SMILES string of the molecule is CC(=O)C1CCC(I=O)CC1. The van der Waals surface area contributed by atoms with Crippen molar-refractivity contribution in [3.8, 4) is 0 Å². The molecule has 0 radical (unpaired) electrons. The second-order valence-corrected chi connectivity index (χ2v) is 5.42. The predicted octanol–water partition coefficient (Wildman–Crippen LogP) is 2.45. The fourth-order valence-corrected chi connectivity index (χ4v) is 2.78. The van der Waals surface area contributed by atoms with Crippen LogP contribution in [0.1, 0.15) is 32.6 Å². The Hall–Kier alpha value is 0.200. The normalized spacial score (nSPS) is 31.7. The average Bonchev–Trinajstić information content (AvgIpc) is 2.05. The van der Waals surface area contributed by atoms with Gasteiger partial charge in [-0.25, -0.2) is 0 Å². The number of hydrogen-bond acceptors (Lipinski definition) is 2. The monoisotopic (exact) mass is 268 g/mol. The van der Waals surface area contributed by atoms with E-state index in [9.17, 15) is 7.86 Å². The average molecular weight is 268 g/mol. The van der Waals surface area contributed by atoms with Crippen molar-refractivity contribution in [2.75, 3.05) is 0 Å². The number of rotatable bonds is 2. The minimum absolute atomic E-state index is 0.279. The Morgan fingerprint density at radius 2 is 1.82 bits per heavy atom. The zero-order chi connectivity index (χ0) is 8.27. The number of Topliss-reactive ketones (excluding diaryl/α,β-unsaturated/α-hetero) is 1. The van der Waals surface area contributed by atoms with Gasteiger partial charge in [-0.2, -0.15) is 0 Å². The Balaban J connectivity index is 2.35. The largest absolute Gasteiger partial charge is 0.300 e. The molecule has 0 N–H and O–H groups in total. The van der Waals surface area contributed by atoms with Crippen molar-refractivity contribution in [3.05, 3.63) is 0 Å². The third-order valence-corrected chi connectivity index (χ3v) is 4.32. The fourth-order valence-electron chi connectivity index (χ4n) is 1.55. The molecule has 3 heteroatoms. The zero-order valence-electron chi connectivity index (χ0n) is 6.68. The first kappa shape index (κ1) is 9.29. The van der Waals surface area contributed by atoms with Crippen molar-refractivity contribution >= 4 is 27.0 Å². The van der Waals surface area contributed by atoms with E-state index in [1.54, 1.807) is 6.92 Å². The molecule has 0 aromatic carbocycles. The third kappa shape index (κ3) is 2.61. The van der Waals surface area contributed by atoms with Gasteiger partial charge in [0.05, 0.1) is 0 Å². The van der Waals surface area contributed by atoms with Gasteiger partial charge in [0.15, 0.2) is 0 Å². The standard InChI is InChI=1S/C8H13IO2/c1-6(10)7-2-4-8(9-11)5-3-7/h7-8H,2-5H2,1H3. The number of carbonyl (C=O) groups is 1. The van der Waals surface area contributed by atoms with Crippen LogP contribution in [0.15, 0.2) is 0 Å². The highest BCUT2D eigenvalue weighted by atomic mass is 127. The first-order valence-electron chi connectivity index (χ1n) is 4.00. The first-order valence-corrected chi connectivity index (χ1v) is 6.12. The number of hydrogen-bond donors (Lipinski definition) is 0. The van der Waals surface area contributed by atoms with E-state index in [4.69, 9.17) is 0 Å². The van der Waals surface area contributed by atoms with Gasteiger partial charge in [0.2, 0.25) is 0 Å². The van der Waals surface area contributed by atoms with Gasteiger partial charge in [-0.3, -0.25) is 7.86 Å². The van der Waals surface area contributed by atoms with E-state index in [2.05, 4.69) is 0 Å². The quantitative estimate of drug-likeness (QED) is 0.569. The molecule has 0 aromatic rings. The number of alkyl halides is 1. The van der Waals surface area contributed by atoms with Gasteiger partial charge < -0.3 is 0 Å². The lowest BCUT2D eigenvalue weighted by Crippen LogP contribution is -2.19. The maximum absolute atomic E-state index is 10.9. The van der Waals surface area contributed by atoms with Crippen molar-refractivity contribution in [3.63, 3.8) is 0 Å². The molecule has 1 fully saturated rings. The van der Waals surface area contributed by atoms with Crippen LogP contribution in [-0.2, 0) is 7.86 Å². The van der Waals surface area contributed by atoms with Gasteiger partial charge >= 0.3 is 0 Å². The second kappa shape index (κ2) is 4.28. The number of halogens is 1. The summed E-state index contributed by atoms with van der Waals surface area (Å²) in [5, 5.41) is 0. The Morgan fingerprint density at radius 1 is 1.27 bits per heavy atom. The van der Waals surface area contributed by atoms with Crippen LogP contribution >= 0.6 is 21.2 Å². The van der Waals surface area contributed by atoms with Crippen LogP contribution in [-0.4, -0.2) is 9.71 Å². The minimum Gasteiger partial charge on any atom is -0.300 e. The topological polar surface area (TPSA) is 34.1 Å². The van der Waals surface area contributed by atoms with Crippen molar-refractivity contribution < 1.29 is 7.86 Å². The van der Waals surface area contributed by atoms with Gasteiger partial charge in [-0.15, -0.1) is 0 Å². The molecular weight excluding hydrogens is 255 g/mol. The first-order chi connectivity index (χ1) is 5.24. The van der Waals surface area contributed by atoms with Crippen LogP contribution in [0.25, 0.3) is 0 Å². The summed E-state index contributed by atoms with van der Waals surface area (Å²) in [5.41, 5.74) is 0. The van der Waals surface area contributed by atoms with Gasteiger partial charge in [0.25, 0.3) is 0 Å². The molecule has 0 amide bonds. The highest BCUT2D eigenvalue weighted by molar-refractivity contribution is 14.1. The maximum atomic E-state index is 10.9. The molecule has 0 aliphatic heterocycles. The van der Waals surface area contributed by atoms with Crippen molar-refractivity contribution in [2.24, 2.45) is 5.92 Å². The van der Waals surface area contributed by atoms with E-state index < -0.39 is 21.2 Å². The molecule has 1 aliphatic rings. The van der Waals surface area contributed by atoms with E-state index in [0.717, 1.165) is 25.7 Å². The minimum atomic E-state index is -0.814. The number of carbonyl (C=O) groups excluding carboxylic acids is 1. The molecule has 0 atom stereocenters. The Kier molecular flexibility index (Phi) is 3.62. The van der Waals surface area contributed by atoms with Crippen LogP contribution in [0.5, 0.6) is 0 Å². The van der Waals surface area contributed by atoms with Crippen molar-refractivity contribution in [1.29, 1.82) is 0 Å². The van der Waals surface area contributed by atoms with Gasteiger partial charge in [0, 0.05) is 9.84 Å². The zero-order valence-corrected chi connectivity index (χ0v) is 8.84. The summed E-state index contributed by atoms with van der Waals surface area (Å²) in [5.74, 6) is 0.592. The van der Waals surface area contributed by atoms with Crippen LogP contribution in [0.3, 0.4) is 0 Å². The lowest BCUT2D eigenvalue weighted by Gasteiger charge is -2.22. The maximum Gasteiger partial charge on any atom is 0.147 e. The Bertz CT molecular complexity index is 159.